The van der Waals surface area contributed by atoms with Gasteiger partial charge >= 0.3 is 5.97 Å². The summed E-state index contributed by atoms with van der Waals surface area (Å²) < 4.78 is 11.8. The van der Waals surface area contributed by atoms with Crippen LogP contribution in [0.5, 0.6) is 0 Å². The molecule has 2 aromatic carbocycles. The minimum absolute atomic E-state index is 0.121. The quantitative estimate of drug-likeness (QED) is 0.399. The van der Waals surface area contributed by atoms with Gasteiger partial charge in [0.1, 0.15) is 0 Å². The molecule has 2 aromatic rings. The van der Waals surface area contributed by atoms with Gasteiger partial charge in [0.2, 0.25) is 5.66 Å². The van der Waals surface area contributed by atoms with Crippen LogP contribution in [0.3, 0.4) is 0 Å². The maximum absolute atomic E-state index is 14.6. The van der Waals surface area contributed by atoms with Gasteiger partial charge in [-0.2, -0.15) is 5.10 Å². The van der Waals surface area contributed by atoms with Gasteiger partial charge in [0.15, 0.2) is 5.71 Å². The molecule has 0 bridgehead atoms. The minimum atomic E-state index is -1.22. The Balaban J connectivity index is 1.68. The van der Waals surface area contributed by atoms with Gasteiger partial charge in [0, 0.05) is 33.9 Å². The average molecular weight is 595 g/mol. The number of esters is 1. The number of piperidine rings is 1. The second-order valence-electron chi connectivity index (χ2n) is 8.37. The number of hydrogen-bond acceptors (Lipinski definition) is 7. The van der Waals surface area contributed by atoms with Gasteiger partial charge < -0.3 is 14.4 Å². The third kappa shape index (κ3) is 3.78. The van der Waals surface area contributed by atoms with Gasteiger partial charge in [-0.05, 0) is 77.5 Å². The van der Waals surface area contributed by atoms with Crippen LogP contribution in [0, 0.1) is 9.49 Å². The number of anilines is 2. The zero-order chi connectivity index (χ0) is 23.9. The number of amides is 1. The van der Waals surface area contributed by atoms with Crippen LogP contribution in [0.15, 0.2) is 53.6 Å². The molecule has 3 heterocycles. The van der Waals surface area contributed by atoms with E-state index in [9.17, 15) is 9.59 Å². The molecule has 2 saturated heterocycles. The number of fused-ring (bicyclic) bond motifs is 1. The lowest BCUT2D eigenvalue weighted by molar-refractivity contribution is -0.139. The highest BCUT2D eigenvalue weighted by molar-refractivity contribution is 14.1. The molecule has 0 saturated carbocycles. The summed E-state index contributed by atoms with van der Waals surface area (Å²) in [5.41, 5.74) is 0.541. The SMILES string of the molecule is COC(=O)C1=NN(c2ccc(Cl)cc2)C2(N3CCOCC3)C(=O)N(c3ccc(I)cc3)CCC12. The van der Waals surface area contributed by atoms with Gasteiger partial charge in [-0.3, -0.25) is 9.69 Å². The zero-order valence-corrected chi connectivity index (χ0v) is 21.5. The number of halogens is 2. The average Bonchev–Trinajstić information content (AvgIpc) is 3.22. The number of rotatable bonds is 4. The smallest absolute Gasteiger partial charge is 0.354 e. The molecule has 8 nitrogen and oxygen atoms in total. The monoisotopic (exact) mass is 594 g/mol. The van der Waals surface area contributed by atoms with Crippen molar-refractivity contribution in [2.24, 2.45) is 11.0 Å². The van der Waals surface area contributed by atoms with Crippen molar-refractivity contribution in [1.29, 1.82) is 0 Å². The Morgan fingerprint density at radius 1 is 1.09 bits per heavy atom. The Morgan fingerprint density at radius 2 is 1.74 bits per heavy atom. The minimum Gasteiger partial charge on any atom is -0.464 e. The third-order valence-electron chi connectivity index (χ3n) is 6.65. The Kier molecular flexibility index (Phi) is 6.54. The molecule has 3 aliphatic rings. The number of carbonyl (C=O) groups excluding carboxylic acids is 2. The lowest BCUT2D eigenvalue weighted by Crippen LogP contribution is -2.74. The van der Waals surface area contributed by atoms with Crippen LogP contribution < -0.4 is 9.91 Å². The van der Waals surface area contributed by atoms with Crippen molar-refractivity contribution in [2.75, 3.05) is 49.9 Å². The van der Waals surface area contributed by atoms with E-state index in [2.05, 4.69) is 27.5 Å². The van der Waals surface area contributed by atoms with E-state index >= 15 is 0 Å². The number of methoxy groups -OCH3 is 1. The van der Waals surface area contributed by atoms with Crippen LogP contribution >= 0.6 is 34.2 Å². The van der Waals surface area contributed by atoms with Crippen molar-refractivity contribution in [3.63, 3.8) is 0 Å². The van der Waals surface area contributed by atoms with E-state index in [1.54, 1.807) is 22.0 Å². The fourth-order valence-electron chi connectivity index (χ4n) is 5.11. The van der Waals surface area contributed by atoms with Crippen molar-refractivity contribution in [2.45, 2.75) is 12.1 Å². The molecule has 0 aliphatic carbocycles. The maximum atomic E-state index is 14.6. The number of benzene rings is 2. The number of morpholine rings is 1. The number of hydrogen-bond donors (Lipinski definition) is 0. The van der Waals surface area contributed by atoms with E-state index in [4.69, 9.17) is 26.2 Å². The zero-order valence-electron chi connectivity index (χ0n) is 18.6. The fourth-order valence-corrected chi connectivity index (χ4v) is 5.60. The van der Waals surface area contributed by atoms with Crippen molar-refractivity contribution in [1.82, 2.24) is 4.90 Å². The number of hydrazone groups is 1. The topological polar surface area (TPSA) is 74.7 Å². The summed E-state index contributed by atoms with van der Waals surface area (Å²) in [4.78, 5) is 31.3. The highest BCUT2D eigenvalue weighted by Gasteiger charge is 2.65. The molecule has 10 heteroatoms. The summed E-state index contributed by atoms with van der Waals surface area (Å²) in [6, 6.07) is 15.0. The molecule has 34 heavy (non-hydrogen) atoms. The summed E-state index contributed by atoms with van der Waals surface area (Å²) >= 11 is 8.40. The molecule has 178 valence electrons. The first-order chi connectivity index (χ1) is 16.5. The molecule has 2 fully saturated rings. The number of carbonyl (C=O) groups is 2. The van der Waals surface area contributed by atoms with Gasteiger partial charge in [0.25, 0.3) is 5.91 Å². The summed E-state index contributed by atoms with van der Waals surface area (Å²) in [5, 5.41) is 7.02. The lowest BCUT2D eigenvalue weighted by Gasteiger charge is -2.53. The molecular formula is C24H24ClIN4O4. The molecular weight excluding hydrogens is 571 g/mol. The van der Waals surface area contributed by atoms with Crippen LogP contribution in [0.1, 0.15) is 6.42 Å². The predicted molar refractivity (Wildman–Crippen MR) is 138 cm³/mol. The first-order valence-electron chi connectivity index (χ1n) is 11.1. The van der Waals surface area contributed by atoms with Crippen molar-refractivity contribution in [3.05, 3.63) is 57.1 Å². The van der Waals surface area contributed by atoms with Crippen molar-refractivity contribution in [3.8, 4) is 0 Å². The Bertz CT molecular complexity index is 1120. The fraction of sp³-hybridized carbons (Fsp3) is 0.375. The normalized spacial score (nSPS) is 25.2. The van der Waals surface area contributed by atoms with Gasteiger partial charge in [-0.15, -0.1) is 0 Å². The van der Waals surface area contributed by atoms with Crippen LogP contribution in [0.25, 0.3) is 0 Å². The molecule has 0 N–H and O–H groups in total. The summed E-state index contributed by atoms with van der Waals surface area (Å²) in [7, 11) is 1.34. The van der Waals surface area contributed by atoms with Gasteiger partial charge in [-0.25, -0.2) is 9.80 Å². The van der Waals surface area contributed by atoms with E-state index in [0.29, 0.717) is 50.0 Å². The van der Waals surface area contributed by atoms with Gasteiger partial charge in [-0.1, -0.05) is 11.6 Å². The predicted octanol–water partition coefficient (Wildman–Crippen LogP) is 3.38. The van der Waals surface area contributed by atoms with E-state index in [1.807, 2.05) is 36.4 Å². The molecule has 0 radical (unpaired) electrons. The molecule has 2 unspecified atom stereocenters. The molecule has 1 amide bonds. The van der Waals surface area contributed by atoms with Crippen LogP contribution in [-0.2, 0) is 19.1 Å². The second kappa shape index (κ2) is 9.44. The van der Waals surface area contributed by atoms with Crippen LogP contribution in [0.4, 0.5) is 11.4 Å². The molecule has 2 atom stereocenters. The summed E-state index contributed by atoms with van der Waals surface area (Å²) in [6.45, 7) is 2.54. The van der Waals surface area contributed by atoms with Crippen molar-refractivity contribution >= 4 is 63.2 Å². The van der Waals surface area contributed by atoms with E-state index in [-0.39, 0.29) is 11.6 Å². The largest absolute Gasteiger partial charge is 0.464 e. The Hall–Kier alpha value is -2.21. The molecule has 0 spiro atoms. The number of ether oxygens (including phenoxy) is 2. The van der Waals surface area contributed by atoms with Crippen molar-refractivity contribution < 1.29 is 19.1 Å². The highest BCUT2D eigenvalue weighted by atomic mass is 127. The van der Waals surface area contributed by atoms with Crippen LogP contribution in [0.2, 0.25) is 5.02 Å². The summed E-state index contributed by atoms with van der Waals surface area (Å²) in [6.07, 6.45) is 0.563. The highest BCUT2D eigenvalue weighted by Crippen LogP contribution is 2.47. The summed E-state index contributed by atoms with van der Waals surface area (Å²) in [5.74, 6) is -1.10. The van der Waals surface area contributed by atoms with E-state index in [0.717, 1.165) is 9.26 Å². The molecule has 3 aliphatic heterocycles. The van der Waals surface area contributed by atoms with E-state index in [1.165, 1.54) is 7.11 Å². The standard InChI is InChI=1S/C24H24ClIN4O4/c1-33-22(31)21-20-10-11-29(18-8-4-17(26)5-9-18)23(32)24(20,28-12-14-34-15-13-28)30(27-21)19-6-2-16(25)3-7-19/h2-9,20H,10-15H2,1H3. The first-order valence-corrected chi connectivity index (χ1v) is 12.6. The third-order valence-corrected chi connectivity index (χ3v) is 7.62. The van der Waals surface area contributed by atoms with Gasteiger partial charge in [0.05, 0.1) is 31.9 Å². The van der Waals surface area contributed by atoms with E-state index < -0.39 is 17.6 Å². The molecule has 0 aromatic heterocycles. The second-order valence-corrected chi connectivity index (χ2v) is 10.0. The first kappa shape index (κ1) is 23.5. The number of nitrogens with zero attached hydrogens (tertiary/aromatic N) is 4. The van der Waals surface area contributed by atoms with Crippen LogP contribution in [-0.4, -0.2) is 68.1 Å². The molecule has 5 rings (SSSR count). The lowest BCUT2D eigenvalue weighted by atomic mass is 9.79. The maximum Gasteiger partial charge on any atom is 0.354 e. The Labute approximate surface area is 216 Å². The Morgan fingerprint density at radius 3 is 2.38 bits per heavy atom.